The number of rotatable bonds is 6. The molecule has 3 heterocycles. The Morgan fingerprint density at radius 1 is 1.03 bits per heavy atom. The molecule has 3 aromatic rings. The lowest BCUT2D eigenvalue weighted by atomic mass is 9.76. The lowest BCUT2D eigenvalue weighted by Gasteiger charge is -2.36. The van der Waals surface area contributed by atoms with Crippen LogP contribution in [-0.2, 0) is 31.1 Å². The SMILES string of the molecule is CCOC(=O)c1ccc(N2C(=O)C3Sc4c(sc(=O)n4CC(=O)Nc4ccc(F)cc4)C(C)(C)C3C2=O)cc1. The minimum Gasteiger partial charge on any atom is -0.462 e. The molecule has 0 bridgehead atoms. The number of hydrogen-bond donors (Lipinski definition) is 1. The molecule has 2 atom stereocenters. The summed E-state index contributed by atoms with van der Waals surface area (Å²) in [6.07, 6.45) is 0. The zero-order valence-electron chi connectivity index (χ0n) is 21.2. The highest BCUT2D eigenvalue weighted by Crippen LogP contribution is 2.54. The second kappa shape index (κ2) is 10.1. The van der Waals surface area contributed by atoms with E-state index in [2.05, 4.69) is 5.32 Å². The second-order valence-corrected chi connectivity index (χ2v) is 11.8. The first kappa shape index (κ1) is 26.8. The van der Waals surface area contributed by atoms with E-state index < -0.39 is 46.1 Å². The van der Waals surface area contributed by atoms with Crippen LogP contribution in [0.15, 0.2) is 58.4 Å². The molecular weight excluding hydrogens is 545 g/mol. The van der Waals surface area contributed by atoms with Gasteiger partial charge in [-0.3, -0.25) is 23.7 Å². The van der Waals surface area contributed by atoms with Gasteiger partial charge in [0.05, 0.1) is 28.8 Å². The van der Waals surface area contributed by atoms with Gasteiger partial charge < -0.3 is 10.1 Å². The fourth-order valence-electron chi connectivity index (χ4n) is 4.86. The van der Waals surface area contributed by atoms with Crippen molar-refractivity contribution in [3.8, 4) is 0 Å². The third kappa shape index (κ3) is 4.67. The highest BCUT2D eigenvalue weighted by atomic mass is 32.2. The molecule has 5 rings (SSSR count). The van der Waals surface area contributed by atoms with Crippen LogP contribution in [0.5, 0.6) is 0 Å². The van der Waals surface area contributed by atoms with E-state index in [0.29, 0.717) is 26.8 Å². The average molecular weight is 570 g/mol. The van der Waals surface area contributed by atoms with Crippen LogP contribution in [0.4, 0.5) is 15.8 Å². The number of nitrogens with zero attached hydrogens (tertiary/aromatic N) is 2. The molecule has 0 radical (unpaired) electrons. The highest BCUT2D eigenvalue weighted by Gasteiger charge is 2.59. The Hall–Kier alpha value is -3.77. The molecule has 9 nitrogen and oxygen atoms in total. The van der Waals surface area contributed by atoms with Crippen LogP contribution in [0.25, 0.3) is 0 Å². The largest absolute Gasteiger partial charge is 0.462 e. The number of anilines is 2. The predicted molar refractivity (Wildman–Crippen MR) is 145 cm³/mol. The monoisotopic (exact) mass is 569 g/mol. The molecule has 1 saturated heterocycles. The number of aromatic nitrogens is 1. The molecule has 1 N–H and O–H groups in total. The number of fused-ring (bicyclic) bond motifs is 2. The first-order valence-corrected chi connectivity index (χ1v) is 13.8. The fourth-order valence-corrected chi connectivity index (χ4v) is 7.90. The number of benzene rings is 2. The van der Waals surface area contributed by atoms with E-state index in [4.69, 9.17) is 4.74 Å². The third-order valence-corrected chi connectivity index (χ3v) is 9.59. The van der Waals surface area contributed by atoms with E-state index in [1.54, 1.807) is 6.92 Å². The summed E-state index contributed by atoms with van der Waals surface area (Å²) in [5.74, 6) is -2.98. The number of carbonyl (C=O) groups excluding carboxylic acids is 4. The summed E-state index contributed by atoms with van der Waals surface area (Å²) < 4.78 is 19.5. The van der Waals surface area contributed by atoms with Crippen LogP contribution >= 0.6 is 23.1 Å². The molecular formula is C27H24FN3O6S2. The molecule has 202 valence electrons. The number of nitrogens with one attached hydrogen (secondary N) is 1. The zero-order valence-corrected chi connectivity index (χ0v) is 22.9. The quantitative estimate of drug-likeness (QED) is 0.355. The van der Waals surface area contributed by atoms with Gasteiger partial charge in [-0.25, -0.2) is 14.1 Å². The number of thiazole rings is 1. The predicted octanol–water partition coefficient (Wildman–Crippen LogP) is 3.81. The molecule has 0 spiro atoms. The molecule has 0 saturated carbocycles. The summed E-state index contributed by atoms with van der Waals surface area (Å²) in [5.41, 5.74) is 0.160. The minimum atomic E-state index is -0.861. The lowest BCUT2D eigenvalue weighted by Crippen LogP contribution is -2.41. The number of thioether (sulfide) groups is 1. The van der Waals surface area contributed by atoms with E-state index >= 15 is 0 Å². The molecule has 2 aromatic carbocycles. The Bertz CT molecular complexity index is 1540. The van der Waals surface area contributed by atoms with Crippen LogP contribution in [0, 0.1) is 11.7 Å². The van der Waals surface area contributed by atoms with Gasteiger partial charge in [-0.05, 0) is 55.5 Å². The molecule has 12 heteroatoms. The van der Waals surface area contributed by atoms with Gasteiger partial charge in [0.15, 0.2) is 0 Å². The van der Waals surface area contributed by atoms with Crippen molar-refractivity contribution in [1.82, 2.24) is 4.57 Å². The first-order chi connectivity index (χ1) is 18.5. The average Bonchev–Trinajstić information content (AvgIpc) is 3.34. The lowest BCUT2D eigenvalue weighted by molar-refractivity contribution is -0.123. The Morgan fingerprint density at radius 3 is 2.33 bits per heavy atom. The zero-order chi connectivity index (χ0) is 28.1. The van der Waals surface area contributed by atoms with Crippen LogP contribution in [-0.4, -0.2) is 40.1 Å². The number of amides is 3. The topological polar surface area (TPSA) is 115 Å². The molecule has 1 fully saturated rings. The number of ether oxygens (including phenoxy) is 1. The summed E-state index contributed by atoms with van der Waals surface area (Å²) in [6.45, 7) is 5.26. The Balaban J connectivity index is 1.42. The highest BCUT2D eigenvalue weighted by molar-refractivity contribution is 8.00. The molecule has 3 amide bonds. The summed E-state index contributed by atoms with van der Waals surface area (Å²) in [5, 5.41) is 2.32. The van der Waals surface area contributed by atoms with E-state index in [-0.39, 0.29) is 18.0 Å². The number of hydrogen-bond acceptors (Lipinski definition) is 8. The summed E-state index contributed by atoms with van der Waals surface area (Å²) >= 11 is 2.07. The summed E-state index contributed by atoms with van der Waals surface area (Å²) in [6, 6.07) is 11.3. The van der Waals surface area contributed by atoms with Gasteiger partial charge in [0.2, 0.25) is 17.7 Å². The van der Waals surface area contributed by atoms with Crippen molar-refractivity contribution >= 4 is 58.2 Å². The van der Waals surface area contributed by atoms with E-state index in [1.807, 2.05) is 13.8 Å². The van der Waals surface area contributed by atoms with E-state index in [0.717, 1.165) is 28.0 Å². The van der Waals surface area contributed by atoms with Crippen molar-refractivity contribution in [2.24, 2.45) is 5.92 Å². The molecule has 2 unspecified atom stereocenters. The third-order valence-electron chi connectivity index (χ3n) is 6.77. The van der Waals surface area contributed by atoms with Crippen molar-refractivity contribution < 1.29 is 28.3 Å². The smallest absolute Gasteiger partial charge is 0.338 e. The minimum absolute atomic E-state index is 0.225. The Morgan fingerprint density at radius 2 is 1.69 bits per heavy atom. The van der Waals surface area contributed by atoms with Gasteiger partial charge >= 0.3 is 10.8 Å². The van der Waals surface area contributed by atoms with E-state index in [9.17, 15) is 28.4 Å². The van der Waals surface area contributed by atoms with Crippen molar-refractivity contribution in [1.29, 1.82) is 0 Å². The van der Waals surface area contributed by atoms with Crippen LogP contribution < -0.4 is 15.1 Å². The van der Waals surface area contributed by atoms with Gasteiger partial charge in [0.1, 0.15) is 17.6 Å². The molecule has 0 aliphatic carbocycles. The van der Waals surface area contributed by atoms with Crippen molar-refractivity contribution in [3.05, 3.63) is 74.5 Å². The van der Waals surface area contributed by atoms with Gasteiger partial charge in [-0.2, -0.15) is 0 Å². The van der Waals surface area contributed by atoms with Crippen molar-refractivity contribution in [3.63, 3.8) is 0 Å². The fraction of sp³-hybridized carbons (Fsp3) is 0.296. The Kier molecular flexibility index (Phi) is 6.93. The van der Waals surface area contributed by atoms with Gasteiger partial charge in [-0.15, -0.1) is 0 Å². The van der Waals surface area contributed by atoms with Crippen LogP contribution in [0.2, 0.25) is 0 Å². The number of esters is 1. The first-order valence-electron chi connectivity index (χ1n) is 12.1. The number of imide groups is 1. The maximum Gasteiger partial charge on any atom is 0.338 e. The summed E-state index contributed by atoms with van der Waals surface area (Å²) in [4.78, 5) is 66.3. The normalized spacial score (nSPS) is 19.4. The van der Waals surface area contributed by atoms with Crippen LogP contribution in [0.1, 0.15) is 36.0 Å². The number of halogens is 1. The second-order valence-electron chi connectivity index (χ2n) is 9.66. The van der Waals surface area contributed by atoms with Gasteiger partial charge in [-0.1, -0.05) is 36.9 Å². The maximum absolute atomic E-state index is 13.6. The standard InChI is InChI=1S/C27H24FN3O6S2/c1-4-37-25(35)14-5-11-17(12-6-14)31-22(33)19-20(23(31)34)38-24-21(27(19,2)3)39-26(36)30(24)13-18(32)29-16-9-7-15(28)8-10-16/h5-12,19-20H,4,13H2,1-3H3,(H,29,32). The molecule has 39 heavy (non-hydrogen) atoms. The molecule has 1 aromatic heterocycles. The van der Waals surface area contributed by atoms with Crippen molar-refractivity contribution in [2.45, 2.75) is 43.0 Å². The number of carbonyl (C=O) groups is 4. The molecule has 2 aliphatic rings. The summed E-state index contributed by atoms with van der Waals surface area (Å²) in [7, 11) is 0. The van der Waals surface area contributed by atoms with E-state index in [1.165, 1.54) is 53.1 Å². The van der Waals surface area contributed by atoms with Crippen LogP contribution in [0.3, 0.4) is 0 Å². The van der Waals surface area contributed by atoms with Gasteiger partial charge in [0.25, 0.3) is 0 Å². The Labute approximate surface area is 231 Å². The molecule has 2 aliphatic heterocycles. The van der Waals surface area contributed by atoms with Gasteiger partial charge in [0, 0.05) is 16.0 Å². The van der Waals surface area contributed by atoms with Crippen molar-refractivity contribution in [2.75, 3.05) is 16.8 Å². The maximum atomic E-state index is 13.6.